The molecule has 0 aliphatic heterocycles. The van der Waals surface area contributed by atoms with Crippen molar-refractivity contribution in [3.05, 3.63) is 47.8 Å². The molecule has 0 aliphatic carbocycles. The average molecular weight is 275 g/mol. The van der Waals surface area contributed by atoms with Crippen LogP contribution in [-0.2, 0) is 12.6 Å². The highest BCUT2D eigenvalue weighted by atomic mass is 16.3. The van der Waals surface area contributed by atoms with Gasteiger partial charge in [-0.05, 0) is 19.1 Å². The maximum absolute atomic E-state index is 11.9. The van der Waals surface area contributed by atoms with E-state index in [1.54, 1.807) is 43.2 Å². The van der Waals surface area contributed by atoms with Crippen molar-refractivity contribution in [2.24, 2.45) is 7.05 Å². The molecule has 2 rings (SSSR count). The van der Waals surface area contributed by atoms with E-state index in [1.807, 2.05) is 0 Å². The lowest BCUT2D eigenvalue weighted by atomic mass is 9.99. The van der Waals surface area contributed by atoms with Crippen molar-refractivity contribution in [1.29, 1.82) is 0 Å². The van der Waals surface area contributed by atoms with Crippen LogP contribution in [0.4, 0.5) is 0 Å². The molecule has 106 valence electrons. The summed E-state index contributed by atoms with van der Waals surface area (Å²) in [5.41, 5.74) is -0.444. The standard InChI is InChI=1S/C14H17N3O3/c1-14(20,10-7-16-17(2)8-10)9-15-13(19)11-5-3-4-6-12(11)18/h3-8,18,20H,9H2,1-2H3,(H,15,19). The number of benzene rings is 1. The van der Waals surface area contributed by atoms with Gasteiger partial charge in [-0.3, -0.25) is 9.48 Å². The Morgan fingerprint density at radius 1 is 1.45 bits per heavy atom. The molecule has 0 radical (unpaired) electrons. The maximum atomic E-state index is 11.9. The number of phenolic OH excluding ortho intramolecular Hbond substituents is 1. The van der Waals surface area contributed by atoms with Crippen LogP contribution >= 0.6 is 0 Å². The van der Waals surface area contributed by atoms with Gasteiger partial charge in [0.1, 0.15) is 11.4 Å². The topological polar surface area (TPSA) is 87.4 Å². The number of aryl methyl sites for hydroxylation is 1. The smallest absolute Gasteiger partial charge is 0.255 e. The van der Waals surface area contributed by atoms with Gasteiger partial charge in [-0.1, -0.05) is 12.1 Å². The summed E-state index contributed by atoms with van der Waals surface area (Å²) >= 11 is 0. The molecule has 20 heavy (non-hydrogen) atoms. The van der Waals surface area contributed by atoms with Crippen LogP contribution in [0, 0.1) is 0 Å². The van der Waals surface area contributed by atoms with Crippen LogP contribution in [-0.4, -0.2) is 32.4 Å². The number of carbonyl (C=O) groups excluding carboxylic acids is 1. The molecular weight excluding hydrogens is 258 g/mol. The van der Waals surface area contributed by atoms with E-state index in [0.717, 1.165) is 0 Å². The second-order valence-corrected chi connectivity index (χ2v) is 4.88. The number of aliphatic hydroxyl groups is 1. The predicted octanol–water partition coefficient (Wildman–Crippen LogP) is 0.763. The van der Waals surface area contributed by atoms with Gasteiger partial charge >= 0.3 is 0 Å². The molecule has 1 amide bonds. The number of hydrogen-bond donors (Lipinski definition) is 3. The first-order valence-electron chi connectivity index (χ1n) is 6.18. The van der Waals surface area contributed by atoms with E-state index in [-0.39, 0.29) is 17.9 Å². The lowest BCUT2D eigenvalue weighted by Crippen LogP contribution is -2.38. The van der Waals surface area contributed by atoms with Crippen LogP contribution < -0.4 is 5.32 Å². The molecule has 6 nitrogen and oxygen atoms in total. The molecule has 3 N–H and O–H groups in total. The second kappa shape index (κ2) is 5.34. The van der Waals surface area contributed by atoms with Crippen molar-refractivity contribution in [1.82, 2.24) is 15.1 Å². The molecule has 1 heterocycles. The third-order valence-corrected chi connectivity index (χ3v) is 3.07. The lowest BCUT2D eigenvalue weighted by Gasteiger charge is -2.22. The minimum absolute atomic E-state index is 0.0197. The minimum atomic E-state index is -1.23. The van der Waals surface area contributed by atoms with E-state index in [0.29, 0.717) is 5.56 Å². The fraction of sp³-hybridized carbons (Fsp3) is 0.286. The fourth-order valence-electron chi connectivity index (χ4n) is 1.81. The van der Waals surface area contributed by atoms with E-state index in [1.165, 1.54) is 12.1 Å². The van der Waals surface area contributed by atoms with E-state index in [4.69, 9.17) is 0 Å². The molecule has 1 aromatic carbocycles. The number of phenols is 1. The Bertz CT molecular complexity index is 620. The Labute approximate surface area is 116 Å². The summed E-state index contributed by atoms with van der Waals surface area (Å²) in [5, 5.41) is 26.5. The highest BCUT2D eigenvalue weighted by Gasteiger charge is 2.25. The van der Waals surface area contributed by atoms with Crippen molar-refractivity contribution in [3.63, 3.8) is 0 Å². The van der Waals surface area contributed by atoms with Crippen molar-refractivity contribution >= 4 is 5.91 Å². The Morgan fingerprint density at radius 2 is 2.15 bits per heavy atom. The van der Waals surface area contributed by atoms with E-state index in [9.17, 15) is 15.0 Å². The number of hydrogen-bond acceptors (Lipinski definition) is 4. The Kier molecular flexibility index (Phi) is 3.76. The third kappa shape index (κ3) is 2.97. The monoisotopic (exact) mass is 275 g/mol. The molecule has 1 aromatic heterocycles. The molecule has 1 unspecified atom stereocenters. The van der Waals surface area contributed by atoms with Crippen LogP contribution in [0.5, 0.6) is 5.75 Å². The predicted molar refractivity (Wildman–Crippen MR) is 73.2 cm³/mol. The highest BCUT2D eigenvalue weighted by molar-refractivity contribution is 5.96. The molecule has 6 heteroatoms. The molecule has 0 aliphatic rings. The molecule has 1 atom stereocenters. The van der Waals surface area contributed by atoms with Gasteiger partial charge in [-0.2, -0.15) is 5.10 Å². The van der Waals surface area contributed by atoms with Crippen LogP contribution in [0.15, 0.2) is 36.7 Å². The summed E-state index contributed by atoms with van der Waals surface area (Å²) in [6, 6.07) is 6.25. The molecule has 0 bridgehead atoms. The van der Waals surface area contributed by atoms with Gasteiger partial charge in [-0.25, -0.2) is 0 Å². The highest BCUT2D eigenvalue weighted by Crippen LogP contribution is 2.20. The van der Waals surface area contributed by atoms with Gasteiger partial charge in [0.2, 0.25) is 0 Å². The van der Waals surface area contributed by atoms with Crippen LogP contribution in [0.25, 0.3) is 0 Å². The number of aromatic nitrogens is 2. The zero-order valence-corrected chi connectivity index (χ0v) is 11.4. The molecule has 2 aromatic rings. The number of aromatic hydroxyl groups is 1. The van der Waals surface area contributed by atoms with Gasteiger partial charge in [0.05, 0.1) is 18.3 Å². The van der Waals surface area contributed by atoms with Gasteiger partial charge < -0.3 is 15.5 Å². The zero-order valence-electron chi connectivity index (χ0n) is 11.4. The number of carbonyl (C=O) groups is 1. The van der Waals surface area contributed by atoms with Crippen LogP contribution in [0.3, 0.4) is 0 Å². The fourth-order valence-corrected chi connectivity index (χ4v) is 1.81. The summed E-state index contributed by atoms with van der Waals surface area (Å²) in [7, 11) is 1.75. The number of rotatable bonds is 4. The van der Waals surface area contributed by atoms with Crippen molar-refractivity contribution in [2.75, 3.05) is 6.54 Å². The van der Waals surface area contributed by atoms with E-state index >= 15 is 0 Å². The van der Waals surface area contributed by atoms with Crippen LogP contribution in [0.1, 0.15) is 22.8 Å². The molecular formula is C14H17N3O3. The summed E-state index contributed by atoms with van der Waals surface area (Å²) in [6.45, 7) is 1.61. The minimum Gasteiger partial charge on any atom is -0.507 e. The average Bonchev–Trinajstić information content (AvgIpc) is 2.84. The van der Waals surface area contributed by atoms with Crippen molar-refractivity contribution in [3.8, 4) is 5.75 Å². The zero-order chi connectivity index (χ0) is 14.8. The Balaban J connectivity index is 2.05. The Morgan fingerprint density at radius 3 is 2.75 bits per heavy atom. The van der Waals surface area contributed by atoms with Crippen molar-refractivity contribution in [2.45, 2.75) is 12.5 Å². The van der Waals surface area contributed by atoms with Gasteiger partial charge in [0.25, 0.3) is 5.91 Å². The molecule has 0 fully saturated rings. The number of para-hydroxylation sites is 1. The molecule has 0 spiro atoms. The first-order chi connectivity index (χ1) is 9.40. The summed E-state index contributed by atoms with van der Waals surface area (Å²) in [6.07, 6.45) is 3.23. The molecule has 0 saturated carbocycles. The number of nitrogens with one attached hydrogen (secondary N) is 1. The maximum Gasteiger partial charge on any atom is 0.255 e. The SMILES string of the molecule is Cn1cc(C(C)(O)CNC(=O)c2ccccc2O)cn1. The quantitative estimate of drug-likeness (QED) is 0.769. The second-order valence-electron chi connectivity index (χ2n) is 4.88. The van der Waals surface area contributed by atoms with Crippen molar-refractivity contribution < 1.29 is 15.0 Å². The number of nitrogens with zero attached hydrogens (tertiary/aromatic N) is 2. The summed E-state index contributed by atoms with van der Waals surface area (Å²) in [5.74, 6) is -0.529. The van der Waals surface area contributed by atoms with E-state index in [2.05, 4.69) is 10.4 Å². The lowest BCUT2D eigenvalue weighted by molar-refractivity contribution is 0.0525. The normalized spacial score (nSPS) is 13.8. The largest absolute Gasteiger partial charge is 0.507 e. The van der Waals surface area contributed by atoms with Crippen LogP contribution in [0.2, 0.25) is 0 Å². The van der Waals surface area contributed by atoms with Gasteiger partial charge in [-0.15, -0.1) is 0 Å². The summed E-state index contributed by atoms with van der Waals surface area (Å²) < 4.78 is 1.58. The Hall–Kier alpha value is -2.34. The van der Waals surface area contributed by atoms with Gasteiger partial charge in [0.15, 0.2) is 0 Å². The third-order valence-electron chi connectivity index (χ3n) is 3.07. The first-order valence-corrected chi connectivity index (χ1v) is 6.18. The summed E-state index contributed by atoms with van der Waals surface area (Å²) in [4.78, 5) is 11.9. The van der Waals surface area contributed by atoms with Gasteiger partial charge in [0, 0.05) is 18.8 Å². The number of amides is 1. The van der Waals surface area contributed by atoms with E-state index < -0.39 is 11.5 Å². The first kappa shape index (κ1) is 14.1. The molecule has 0 saturated heterocycles.